The molecule has 1 aliphatic rings. The van der Waals surface area contributed by atoms with E-state index in [1.54, 1.807) is 13.3 Å². The van der Waals surface area contributed by atoms with E-state index in [1.807, 2.05) is 81.4 Å². The van der Waals surface area contributed by atoms with Gasteiger partial charge in [-0.05, 0) is 86.2 Å². The van der Waals surface area contributed by atoms with Crippen molar-refractivity contribution in [2.24, 2.45) is 5.41 Å². The zero-order chi connectivity index (χ0) is 29.5. The second kappa shape index (κ2) is 11.2. The standard InChI is InChI=1S/C32H34ClN5O2S/c1-19-17-24(20(2)37(19)22-12-10-21(33)11-13-22)29-28(26-9-7-8-16-34-26)36-31(41)38(29)23-14-15-25(27(18-23)40-6)35-30(39)32(3,4)5/h7-18,28-29H,1-6H3,(H,35,39)(H,36,41)/t28-,29+/m0/s1. The summed E-state index contributed by atoms with van der Waals surface area (Å²) in [5, 5.41) is 7.80. The van der Waals surface area contributed by atoms with E-state index in [1.165, 1.54) is 0 Å². The topological polar surface area (TPSA) is 71.4 Å². The molecule has 1 amide bonds. The molecule has 2 aromatic carbocycles. The summed E-state index contributed by atoms with van der Waals surface area (Å²) in [7, 11) is 1.60. The van der Waals surface area contributed by atoms with Gasteiger partial charge in [0, 0.05) is 45.5 Å². The first-order valence-electron chi connectivity index (χ1n) is 13.4. The lowest BCUT2D eigenvalue weighted by atomic mass is 9.95. The second-order valence-corrected chi connectivity index (χ2v) is 12.0. The molecular formula is C32H34ClN5O2S. The Morgan fingerprint density at radius 3 is 2.39 bits per heavy atom. The molecule has 0 radical (unpaired) electrons. The van der Waals surface area contributed by atoms with Crippen molar-refractivity contribution in [3.8, 4) is 11.4 Å². The third-order valence-electron chi connectivity index (χ3n) is 7.36. The number of aromatic nitrogens is 2. The minimum Gasteiger partial charge on any atom is -0.494 e. The SMILES string of the molecule is COc1cc(N2C(=S)N[C@@H](c3ccccn3)[C@H]2c2cc(C)n(-c3ccc(Cl)cc3)c2C)ccc1NC(=O)C(C)(C)C. The molecular weight excluding hydrogens is 554 g/mol. The summed E-state index contributed by atoms with van der Waals surface area (Å²) in [5.74, 6) is 0.458. The largest absolute Gasteiger partial charge is 0.494 e. The lowest BCUT2D eigenvalue weighted by Gasteiger charge is -2.29. The fourth-order valence-electron chi connectivity index (χ4n) is 5.27. The Hall–Kier alpha value is -3.88. The first-order chi connectivity index (χ1) is 19.5. The van der Waals surface area contributed by atoms with Crippen molar-refractivity contribution < 1.29 is 9.53 Å². The van der Waals surface area contributed by atoms with E-state index < -0.39 is 5.41 Å². The lowest BCUT2D eigenvalue weighted by molar-refractivity contribution is -0.123. The molecule has 9 heteroatoms. The van der Waals surface area contributed by atoms with Gasteiger partial charge in [0.2, 0.25) is 5.91 Å². The van der Waals surface area contributed by atoms with Crippen LogP contribution in [0, 0.1) is 19.3 Å². The third-order valence-corrected chi connectivity index (χ3v) is 7.93. The summed E-state index contributed by atoms with van der Waals surface area (Å²) in [6.45, 7) is 9.85. The van der Waals surface area contributed by atoms with Crippen molar-refractivity contribution >= 4 is 46.2 Å². The molecule has 5 rings (SSSR count). The maximum Gasteiger partial charge on any atom is 0.229 e. The maximum atomic E-state index is 12.7. The molecule has 41 heavy (non-hydrogen) atoms. The summed E-state index contributed by atoms with van der Waals surface area (Å²) in [6.07, 6.45) is 1.80. The van der Waals surface area contributed by atoms with Crippen LogP contribution in [-0.2, 0) is 4.79 Å². The molecule has 1 fully saturated rings. The smallest absolute Gasteiger partial charge is 0.229 e. The zero-order valence-corrected chi connectivity index (χ0v) is 25.6. The quantitative estimate of drug-likeness (QED) is 0.230. The number of thiocarbonyl (C=S) groups is 1. The Kier molecular flexibility index (Phi) is 7.81. The second-order valence-electron chi connectivity index (χ2n) is 11.2. The molecule has 1 aliphatic heterocycles. The summed E-state index contributed by atoms with van der Waals surface area (Å²) in [5.41, 5.74) is 6.12. The molecule has 0 bridgehead atoms. The molecule has 0 aliphatic carbocycles. The Morgan fingerprint density at radius 1 is 1.05 bits per heavy atom. The number of rotatable bonds is 6. The summed E-state index contributed by atoms with van der Waals surface area (Å²) in [6, 6.07) is 21.3. The molecule has 2 aromatic heterocycles. The zero-order valence-electron chi connectivity index (χ0n) is 24.0. The lowest BCUT2D eigenvalue weighted by Crippen LogP contribution is -2.30. The van der Waals surface area contributed by atoms with E-state index in [2.05, 4.69) is 45.0 Å². The monoisotopic (exact) mass is 587 g/mol. The molecule has 2 N–H and O–H groups in total. The molecule has 212 valence electrons. The predicted molar refractivity (Wildman–Crippen MR) is 169 cm³/mol. The van der Waals surface area contributed by atoms with Crippen LogP contribution in [0.1, 0.15) is 55.5 Å². The van der Waals surface area contributed by atoms with Gasteiger partial charge in [-0.25, -0.2) is 0 Å². The number of amides is 1. The first-order valence-corrected chi connectivity index (χ1v) is 14.2. The molecule has 3 heterocycles. The number of anilines is 2. The van der Waals surface area contributed by atoms with Crippen LogP contribution in [0.4, 0.5) is 11.4 Å². The predicted octanol–water partition coefficient (Wildman–Crippen LogP) is 7.31. The Labute approximate surface area is 251 Å². The van der Waals surface area contributed by atoms with Crippen LogP contribution >= 0.6 is 23.8 Å². The molecule has 0 spiro atoms. The number of methoxy groups -OCH3 is 1. The summed E-state index contributed by atoms with van der Waals surface area (Å²) < 4.78 is 7.96. The molecule has 2 atom stereocenters. The van der Waals surface area contributed by atoms with E-state index in [9.17, 15) is 4.79 Å². The van der Waals surface area contributed by atoms with Gasteiger partial charge in [0.15, 0.2) is 5.11 Å². The van der Waals surface area contributed by atoms with Crippen molar-refractivity contribution in [2.45, 2.75) is 46.7 Å². The first kappa shape index (κ1) is 28.6. The number of nitrogens with one attached hydrogen (secondary N) is 2. The number of carbonyl (C=O) groups excluding carboxylic acids is 1. The Balaban J connectivity index is 1.62. The van der Waals surface area contributed by atoms with Crippen molar-refractivity contribution in [3.05, 3.63) is 101 Å². The number of benzene rings is 2. The van der Waals surface area contributed by atoms with Crippen LogP contribution in [0.5, 0.6) is 5.75 Å². The van der Waals surface area contributed by atoms with E-state index in [-0.39, 0.29) is 18.0 Å². The van der Waals surface area contributed by atoms with Crippen molar-refractivity contribution in [1.82, 2.24) is 14.9 Å². The number of carbonyl (C=O) groups is 1. The van der Waals surface area contributed by atoms with E-state index in [0.29, 0.717) is 21.6 Å². The van der Waals surface area contributed by atoms with Gasteiger partial charge in [0.1, 0.15) is 5.75 Å². The highest BCUT2D eigenvalue weighted by molar-refractivity contribution is 7.80. The molecule has 0 saturated carbocycles. The summed E-state index contributed by atoms with van der Waals surface area (Å²) >= 11 is 12.1. The molecule has 1 saturated heterocycles. The highest BCUT2D eigenvalue weighted by Gasteiger charge is 2.42. The van der Waals surface area contributed by atoms with Gasteiger partial charge in [-0.15, -0.1) is 0 Å². The number of pyridine rings is 1. The van der Waals surface area contributed by atoms with Gasteiger partial charge in [-0.3, -0.25) is 9.78 Å². The van der Waals surface area contributed by atoms with Crippen LogP contribution in [0.2, 0.25) is 5.02 Å². The van der Waals surface area contributed by atoms with Crippen LogP contribution in [-0.4, -0.2) is 27.7 Å². The Morgan fingerprint density at radius 2 is 1.76 bits per heavy atom. The number of aryl methyl sites for hydroxylation is 1. The normalized spacial score (nSPS) is 17.0. The fourth-order valence-corrected chi connectivity index (χ4v) is 5.74. The highest BCUT2D eigenvalue weighted by atomic mass is 35.5. The number of hydrogen-bond donors (Lipinski definition) is 2. The number of nitrogens with zero attached hydrogens (tertiary/aromatic N) is 3. The van der Waals surface area contributed by atoms with Gasteiger partial charge in [0.05, 0.1) is 30.6 Å². The fraction of sp³-hybridized carbons (Fsp3) is 0.281. The van der Waals surface area contributed by atoms with Crippen LogP contribution < -0.4 is 20.3 Å². The molecule has 0 unspecified atom stereocenters. The van der Waals surface area contributed by atoms with Gasteiger partial charge in [-0.2, -0.15) is 0 Å². The minimum absolute atomic E-state index is 0.0929. The third kappa shape index (κ3) is 5.54. The minimum atomic E-state index is -0.544. The number of halogens is 1. The average Bonchev–Trinajstić information content (AvgIpc) is 3.44. The number of hydrogen-bond acceptors (Lipinski definition) is 4. The van der Waals surface area contributed by atoms with Gasteiger partial charge in [-0.1, -0.05) is 38.4 Å². The van der Waals surface area contributed by atoms with Crippen molar-refractivity contribution in [2.75, 3.05) is 17.3 Å². The molecule has 7 nitrogen and oxygen atoms in total. The van der Waals surface area contributed by atoms with Gasteiger partial charge >= 0.3 is 0 Å². The van der Waals surface area contributed by atoms with Crippen molar-refractivity contribution in [3.63, 3.8) is 0 Å². The van der Waals surface area contributed by atoms with Crippen LogP contribution in [0.3, 0.4) is 0 Å². The maximum absolute atomic E-state index is 12.7. The van der Waals surface area contributed by atoms with Crippen LogP contribution in [0.25, 0.3) is 5.69 Å². The van der Waals surface area contributed by atoms with Gasteiger partial charge < -0.3 is 24.8 Å². The summed E-state index contributed by atoms with van der Waals surface area (Å²) in [4.78, 5) is 19.5. The average molecular weight is 588 g/mol. The number of ether oxygens (including phenoxy) is 1. The van der Waals surface area contributed by atoms with E-state index in [0.717, 1.165) is 34.0 Å². The van der Waals surface area contributed by atoms with E-state index >= 15 is 0 Å². The molecule has 4 aromatic rings. The van der Waals surface area contributed by atoms with Gasteiger partial charge in [0.25, 0.3) is 0 Å². The van der Waals surface area contributed by atoms with Crippen LogP contribution in [0.15, 0.2) is 72.9 Å². The highest BCUT2D eigenvalue weighted by Crippen LogP contribution is 2.45. The van der Waals surface area contributed by atoms with Crippen molar-refractivity contribution in [1.29, 1.82) is 0 Å². The Bertz CT molecular complexity index is 1600. The van der Waals surface area contributed by atoms with E-state index in [4.69, 9.17) is 28.6 Å².